The quantitative estimate of drug-likeness (QED) is 0.390. The van der Waals surface area contributed by atoms with Gasteiger partial charge in [0.1, 0.15) is 6.10 Å². The maximum absolute atomic E-state index is 10.4. The molecule has 2 fully saturated rings. The molecule has 5 N–H and O–H groups in total. The summed E-state index contributed by atoms with van der Waals surface area (Å²) in [6.45, 7) is 0. The van der Waals surface area contributed by atoms with Crippen molar-refractivity contribution < 1.29 is 35.1 Å². The highest BCUT2D eigenvalue weighted by molar-refractivity contribution is 5.66. The predicted molar refractivity (Wildman–Crippen MR) is 80.6 cm³/mol. The first-order chi connectivity index (χ1) is 10.8. The third-order valence-corrected chi connectivity index (χ3v) is 5.17. The Kier molecular flexibility index (Phi) is 6.02. The first-order valence-corrected chi connectivity index (χ1v) is 8.52. The molecule has 0 spiro atoms. The molecule has 1 aliphatic heterocycles. The molecule has 1 saturated heterocycles. The van der Waals surface area contributed by atoms with Crippen LogP contribution in [0.15, 0.2) is 0 Å². The molecule has 0 amide bonds. The Hall–Kier alpha value is -0.730. The number of rotatable bonds is 9. The lowest BCUT2D eigenvalue weighted by Gasteiger charge is -2.33. The van der Waals surface area contributed by atoms with Crippen LogP contribution in [0.4, 0.5) is 0 Å². The number of aliphatic hydroxyl groups excluding tert-OH is 2. The Morgan fingerprint density at radius 3 is 2.26 bits per heavy atom. The summed E-state index contributed by atoms with van der Waals surface area (Å²) in [5.41, 5.74) is -1.99. The fourth-order valence-corrected chi connectivity index (χ4v) is 3.74. The highest BCUT2D eigenvalue weighted by Gasteiger charge is 2.70. The summed E-state index contributed by atoms with van der Waals surface area (Å²) in [7, 11) is 0. The monoisotopic (exact) mass is 332 g/mol. The number of aliphatic carboxylic acids is 1. The fourth-order valence-electron chi connectivity index (χ4n) is 3.74. The Morgan fingerprint density at radius 1 is 1.04 bits per heavy atom. The maximum Gasteiger partial charge on any atom is 0.303 e. The second-order valence-corrected chi connectivity index (χ2v) is 6.82. The van der Waals surface area contributed by atoms with Gasteiger partial charge in [-0.2, -0.15) is 0 Å². The van der Waals surface area contributed by atoms with E-state index in [4.69, 9.17) is 9.84 Å². The van der Waals surface area contributed by atoms with Crippen LogP contribution >= 0.6 is 0 Å². The van der Waals surface area contributed by atoms with Crippen molar-refractivity contribution in [2.45, 2.75) is 93.9 Å². The minimum atomic E-state index is -1.99. The number of fused-ring (bicyclic) bond motifs is 1. The molecule has 5 atom stereocenters. The molecule has 0 aromatic heterocycles. The third-order valence-electron chi connectivity index (χ3n) is 5.17. The lowest BCUT2D eigenvalue weighted by atomic mass is 9.87. The van der Waals surface area contributed by atoms with Gasteiger partial charge in [-0.05, 0) is 19.3 Å². The summed E-state index contributed by atoms with van der Waals surface area (Å²) < 4.78 is 5.46. The van der Waals surface area contributed by atoms with E-state index in [0.29, 0.717) is 12.8 Å². The van der Waals surface area contributed by atoms with Crippen LogP contribution in [0.2, 0.25) is 0 Å². The molecule has 0 aromatic rings. The van der Waals surface area contributed by atoms with Crippen LogP contribution in [-0.2, 0) is 9.53 Å². The highest BCUT2D eigenvalue weighted by atomic mass is 16.7. The molecule has 2 aliphatic rings. The van der Waals surface area contributed by atoms with Gasteiger partial charge in [0.2, 0.25) is 5.79 Å². The Bertz CT molecular complexity index is 415. The summed E-state index contributed by atoms with van der Waals surface area (Å²) in [5, 5.41) is 49.3. The van der Waals surface area contributed by atoms with E-state index in [-0.39, 0.29) is 19.3 Å². The molecule has 0 radical (unpaired) electrons. The van der Waals surface area contributed by atoms with Crippen molar-refractivity contribution in [3.63, 3.8) is 0 Å². The van der Waals surface area contributed by atoms with Gasteiger partial charge in [-0.25, -0.2) is 0 Å². The molecule has 7 nitrogen and oxygen atoms in total. The summed E-state index contributed by atoms with van der Waals surface area (Å²) >= 11 is 0. The molecule has 1 aliphatic carbocycles. The zero-order valence-electron chi connectivity index (χ0n) is 13.4. The van der Waals surface area contributed by atoms with Crippen LogP contribution < -0.4 is 0 Å². The second-order valence-electron chi connectivity index (χ2n) is 6.82. The number of carbonyl (C=O) groups is 1. The molecular weight excluding hydrogens is 304 g/mol. The van der Waals surface area contributed by atoms with Crippen LogP contribution in [0.5, 0.6) is 0 Å². The van der Waals surface area contributed by atoms with E-state index in [9.17, 15) is 25.2 Å². The van der Waals surface area contributed by atoms with Crippen molar-refractivity contribution in [2.75, 3.05) is 0 Å². The summed E-state index contributed by atoms with van der Waals surface area (Å²) in [4.78, 5) is 10.4. The first-order valence-electron chi connectivity index (χ1n) is 8.52. The molecule has 1 saturated carbocycles. The lowest BCUT2D eigenvalue weighted by Crippen LogP contribution is -2.58. The topological polar surface area (TPSA) is 127 Å². The van der Waals surface area contributed by atoms with Crippen molar-refractivity contribution in [3.8, 4) is 0 Å². The molecule has 0 unspecified atom stereocenters. The first kappa shape index (κ1) is 18.6. The standard InChI is InChI=1S/C16H28O7/c17-12-9-10-15(21)16(12,22)14(20)11(23-15)7-5-3-1-2-4-6-8-13(18)19/h11-12,14,17,20-22H,1-10H2,(H,18,19)/t11-,12+,14-,15-,16+/m1/s1. The fraction of sp³-hybridized carbons (Fsp3) is 0.938. The number of aliphatic hydroxyl groups is 4. The number of unbranched alkanes of at least 4 members (excludes halogenated alkanes) is 5. The number of hydrogen-bond donors (Lipinski definition) is 5. The number of ether oxygens (including phenoxy) is 1. The average molecular weight is 332 g/mol. The van der Waals surface area contributed by atoms with Gasteiger partial charge in [-0.1, -0.05) is 32.1 Å². The maximum atomic E-state index is 10.4. The van der Waals surface area contributed by atoms with Gasteiger partial charge in [0.25, 0.3) is 0 Å². The van der Waals surface area contributed by atoms with Crippen molar-refractivity contribution >= 4 is 5.97 Å². The van der Waals surface area contributed by atoms with Crippen LogP contribution in [0.25, 0.3) is 0 Å². The van der Waals surface area contributed by atoms with E-state index < -0.39 is 35.7 Å². The van der Waals surface area contributed by atoms with Crippen LogP contribution in [0.1, 0.15) is 64.2 Å². The predicted octanol–water partition coefficient (Wildman–Crippen LogP) is 0.526. The molecule has 0 bridgehead atoms. The second kappa shape index (κ2) is 7.44. The van der Waals surface area contributed by atoms with Crippen molar-refractivity contribution in [2.24, 2.45) is 0 Å². The summed E-state index contributed by atoms with van der Waals surface area (Å²) in [6, 6.07) is 0. The largest absolute Gasteiger partial charge is 0.481 e. The van der Waals surface area contributed by atoms with Crippen LogP contribution in [-0.4, -0.2) is 61.2 Å². The van der Waals surface area contributed by atoms with Gasteiger partial charge in [-0.3, -0.25) is 4.79 Å². The molecule has 134 valence electrons. The minimum absolute atomic E-state index is 0.113. The number of hydrogen-bond acceptors (Lipinski definition) is 6. The van der Waals surface area contributed by atoms with Crippen molar-refractivity contribution in [3.05, 3.63) is 0 Å². The zero-order valence-corrected chi connectivity index (χ0v) is 13.4. The minimum Gasteiger partial charge on any atom is -0.481 e. The lowest BCUT2D eigenvalue weighted by molar-refractivity contribution is -0.265. The van der Waals surface area contributed by atoms with Gasteiger partial charge in [0, 0.05) is 12.8 Å². The Labute approximate surface area is 135 Å². The van der Waals surface area contributed by atoms with E-state index >= 15 is 0 Å². The average Bonchev–Trinajstić information content (AvgIpc) is 2.83. The summed E-state index contributed by atoms with van der Waals surface area (Å²) in [5.74, 6) is -2.62. The SMILES string of the molecule is O=C(O)CCCCCCCC[C@H]1O[C@]2(O)CC[C@H](O)[C@]2(O)[C@@H]1O. The molecule has 1 heterocycles. The van der Waals surface area contributed by atoms with E-state index in [0.717, 1.165) is 32.1 Å². The van der Waals surface area contributed by atoms with Gasteiger partial charge in [0.15, 0.2) is 5.60 Å². The van der Waals surface area contributed by atoms with E-state index in [1.807, 2.05) is 0 Å². The Balaban J connectivity index is 1.65. The Morgan fingerprint density at radius 2 is 1.65 bits per heavy atom. The zero-order chi connectivity index (χ0) is 17.1. The third kappa shape index (κ3) is 3.69. The van der Waals surface area contributed by atoms with Gasteiger partial charge < -0.3 is 30.3 Å². The smallest absolute Gasteiger partial charge is 0.303 e. The molecular formula is C16H28O7. The van der Waals surface area contributed by atoms with Crippen molar-refractivity contribution in [1.82, 2.24) is 0 Å². The molecule has 7 heteroatoms. The van der Waals surface area contributed by atoms with Crippen LogP contribution in [0.3, 0.4) is 0 Å². The molecule has 2 rings (SSSR count). The van der Waals surface area contributed by atoms with Crippen LogP contribution in [0, 0.1) is 0 Å². The normalized spacial score (nSPS) is 39.6. The highest BCUT2D eigenvalue weighted by Crippen LogP contribution is 2.50. The van der Waals surface area contributed by atoms with E-state index in [1.54, 1.807) is 0 Å². The van der Waals surface area contributed by atoms with Gasteiger partial charge >= 0.3 is 5.97 Å². The molecule has 0 aromatic carbocycles. The van der Waals surface area contributed by atoms with E-state index in [2.05, 4.69) is 0 Å². The van der Waals surface area contributed by atoms with Gasteiger partial charge in [-0.15, -0.1) is 0 Å². The van der Waals surface area contributed by atoms with Crippen molar-refractivity contribution in [1.29, 1.82) is 0 Å². The number of carboxylic acid groups (broad SMARTS) is 1. The molecule has 23 heavy (non-hydrogen) atoms. The van der Waals surface area contributed by atoms with E-state index in [1.165, 1.54) is 0 Å². The number of carboxylic acids is 1. The van der Waals surface area contributed by atoms with Gasteiger partial charge in [0.05, 0.1) is 12.2 Å². The summed E-state index contributed by atoms with van der Waals surface area (Å²) in [6.07, 6.45) is 3.10.